The third kappa shape index (κ3) is 4.96. The first-order valence-electron chi connectivity index (χ1n) is 7.74. The molecule has 0 aliphatic carbocycles. The standard InChI is InChI=1S/C16H17F3N4O2.ClH/c17-16(18,19)14-5-7-23(22-14)12-3-1-11(2-4-12)9-21-15(24)13-10-25-8-6-20-13;/h1-5,7,13,20H,6,8-10H2,(H,21,24);1H. The van der Waals surface area contributed by atoms with Gasteiger partial charge in [-0.3, -0.25) is 4.79 Å². The van der Waals surface area contributed by atoms with Gasteiger partial charge in [0.15, 0.2) is 5.69 Å². The molecule has 1 aromatic heterocycles. The molecule has 0 radical (unpaired) electrons. The molecule has 0 bridgehead atoms. The molecule has 1 atom stereocenters. The van der Waals surface area contributed by atoms with E-state index in [1.54, 1.807) is 24.3 Å². The van der Waals surface area contributed by atoms with Gasteiger partial charge in [-0.05, 0) is 23.8 Å². The van der Waals surface area contributed by atoms with Gasteiger partial charge < -0.3 is 15.4 Å². The predicted molar refractivity (Wildman–Crippen MR) is 90.3 cm³/mol. The Hall–Kier alpha value is -2.10. The van der Waals surface area contributed by atoms with E-state index in [4.69, 9.17) is 4.74 Å². The van der Waals surface area contributed by atoms with Crippen LogP contribution < -0.4 is 10.6 Å². The van der Waals surface area contributed by atoms with Crippen molar-refractivity contribution in [3.63, 3.8) is 0 Å². The summed E-state index contributed by atoms with van der Waals surface area (Å²) in [5, 5.41) is 9.38. The zero-order valence-corrected chi connectivity index (χ0v) is 14.4. The number of carbonyl (C=O) groups excluding carboxylic acids is 1. The highest BCUT2D eigenvalue weighted by Crippen LogP contribution is 2.27. The monoisotopic (exact) mass is 390 g/mol. The fourth-order valence-corrected chi connectivity index (χ4v) is 2.43. The van der Waals surface area contributed by atoms with Crippen molar-refractivity contribution in [3.05, 3.63) is 47.8 Å². The summed E-state index contributed by atoms with van der Waals surface area (Å²) in [6.07, 6.45) is -3.21. The van der Waals surface area contributed by atoms with Crippen molar-refractivity contribution in [1.82, 2.24) is 20.4 Å². The minimum absolute atomic E-state index is 0. The first-order chi connectivity index (χ1) is 11.9. The van der Waals surface area contributed by atoms with Crippen LogP contribution in [0.2, 0.25) is 0 Å². The summed E-state index contributed by atoms with van der Waals surface area (Å²) < 4.78 is 44.1. The molecule has 1 saturated heterocycles. The lowest BCUT2D eigenvalue weighted by Gasteiger charge is -2.22. The molecule has 142 valence electrons. The molecule has 0 spiro atoms. The lowest BCUT2D eigenvalue weighted by molar-refractivity contribution is -0.141. The number of hydrogen-bond acceptors (Lipinski definition) is 4. The van der Waals surface area contributed by atoms with Crippen LogP contribution in [0.1, 0.15) is 11.3 Å². The Morgan fingerprint density at radius 2 is 2.04 bits per heavy atom. The molecular weight excluding hydrogens is 373 g/mol. The van der Waals surface area contributed by atoms with Crippen LogP contribution in [-0.2, 0) is 22.3 Å². The number of nitrogens with zero attached hydrogens (tertiary/aromatic N) is 2. The minimum atomic E-state index is -4.47. The van der Waals surface area contributed by atoms with E-state index in [0.29, 0.717) is 32.0 Å². The molecule has 1 aliphatic rings. The first-order valence-corrected chi connectivity index (χ1v) is 7.74. The highest BCUT2D eigenvalue weighted by molar-refractivity contribution is 5.85. The summed E-state index contributed by atoms with van der Waals surface area (Å²) in [5.41, 5.74) is 0.399. The van der Waals surface area contributed by atoms with Gasteiger partial charge in [-0.25, -0.2) is 4.68 Å². The third-order valence-electron chi connectivity index (χ3n) is 3.79. The van der Waals surface area contributed by atoms with Gasteiger partial charge in [0.25, 0.3) is 0 Å². The summed E-state index contributed by atoms with van der Waals surface area (Å²) in [6.45, 7) is 1.89. The molecule has 10 heteroatoms. The summed E-state index contributed by atoms with van der Waals surface area (Å²) in [7, 11) is 0. The smallest absolute Gasteiger partial charge is 0.378 e. The van der Waals surface area contributed by atoms with E-state index in [0.717, 1.165) is 16.3 Å². The number of ether oxygens (including phenoxy) is 1. The number of aromatic nitrogens is 2. The lowest BCUT2D eigenvalue weighted by atomic mass is 10.2. The third-order valence-corrected chi connectivity index (χ3v) is 3.79. The Morgan fingerprint density at radius 3 is 2.62 bits per heavy atom. The first kappa shape index (κ1) is 20.2. The molecule has 1 aromatic carbocycles. The zero-order valence-electron chi connectivity index (χ0n) is 13.6. The highest BCUT2D eigenvalue weighted by atomic mass is 35.5. The fourth-order valence-electron chi connectivity index (χ4n) is 2.43. The van der Waals surface area contributed by atoms with Crippen LogP contribution in [0.5, 0.6) is 0 Å². The summed E-state index contributed by atoms with van der Waals surface area (Å²) >= 11 is 0. The Kier molecular flexibility index (Phi) is 6.63. The molecule has 2 N–H and O–H groups in total. The van der Waals surface area contributed by atoms with Crippen molar-refractivity contribution >= 4 is 18.3 Å². The van der Waals surface area contributed by atoms with Crippen LogP contribution in [-0.4, -0.2) is 41.5 Å². The maximum atomic E-state index is 12.6. The molecule has 1 fully saturated rings. The summed E-state index contributed by atoms with van der Waals surface area (Å²) in [5.74, 6) is -0.148. The number of carbonyl (C=O) groups is 1. The van der Waals surface area contributed by atoms with E-state index in [-0.39, 0.29) is 24.4 Å². The van der Waals surface area contributed by atoms with Gasteiger partial charge in [-0.15, -0.1) is 12.4 Å². The second-order valence-corrected chi connectivity index (χ2v) is 5.61. The normalized spacial score (nSPS) is 17.4. The lowest BCUT2D eigenvalue weighted by Crippen LogP contribution is -2.51. The second-order valence-electron chi connectivity index (χ2n) is 5.61. The Balaban J connectivity index is 0.00000243. The van der Waals surface area contributed by atoms with E-state index in [9.17, 15) is 18.0 Å². The van der Waals surface area contributed by atoms with Crippen LogP contribution >= 0.6 is 12.4 Å². The number of alkyl halides is 3. The summed E-state index contributed by atoms with van der Waals surface area (Å²) in [4.78, 5) is 12.0. The Morgan fingerprint density at radius 1 is 1.31 bits per heavy atom. The van der Waals surface area contributed by atoms with E-state index in [2.05, 4.69) is 15.7 Å². The Labute approximate surface area is 154 Å². The quantitative estimate of drug-likeness (QED) is 0.837. The number of nitrogens with one attached hydrogen (secondary N) is 2. The van der Waals surface area contributed by atoms with Gasteiger partial charge in [-0.1, -0.05) is 12.1 Å². The number of benzene rings is 1. The van der Waals surface area contributed by atoms with Gasteiger partial charge in [0.2, 0.25) is 5.91 Å². The minimum Gasteiger partial charge on any atom is -0.378 e. The van der Waals surface area contributed by atoms with Crippen LogP contribution in [0.25, 0.3) is 5.69 Å². The number of halogens is 4. The summed E-state index contributed by atoms with van der Waals surface area (Å²) in [6, 6.07) is 7.32. The van der Waals surface area contributed by atoms with Gasteiger partial charge in [-0.2, -0.15) is 18.3 Å². The Bertz CT molecular complexity index is 728. The topological polar surface area (TPSA) is 68.2 Å². The second kappa shape index (κ2) is 8.52. The van der Waals surface area contributed by atoms with Gasteiger partial charge in [0.05, 0.1) is 18.9 Å². The van der Waals surface area contributed by atoms with Crippen molar-refractivity contribution in [3.8, 4) is 5.69 Å². The maximum absolute atomic E-state index is 12.6. The number of amides is 1. The fraction of sp³-hybridized carbons (Fsp3) is 0.375. The van der Waals surface area contributed by atoms with Crippen LogP contribution in [0.15, 0.2) is 36.5 Å². The molecule has 6 nitrogen and oxygen atoms in total. The van der Waals surface area contributed by atoms with E-state index in [1.807, 2.05) is 0 Å². The van der Waals surface area contributed by atoms with E-state index in [1.165, 1.54) is 6.20 Å². The number of morpholine rings is 1. The van der Waals surface area contributed by atoms with Crippen LogP contribution in [0.4, 0.5) is 13.2 Å². The van der Waals surface area contributed by atoms with Crippen molar-refractivity contribution in [1.29, 1.82) is 0 Å². The predicted octanol–water partition coefficient (Wildman–Crippen LogP) is 1.92. The molecule has 26 heavy (non-hydrogen) atoms. The molecule has 2 aromatic rings. The average molecular weight is 391 g/mol. The molecule has 1 aliphatic heterocycles. The largest absolute Gasteiger partial charge is 0.435 e. The molecular formula is C16H18ClF3N4O2. The van der Waals surface area contributed by atoms with Crippen molar-refractivity contribution in [2.75, 3.05) is 19.8 Å². The molecule has 0 saturated carbocycles. The SMILES string of the molecule is Cl.O=C(NCc1ccc(-n2ccc(C(F)(F)F)n2)cc1)C1COCCN1. The van der Waals surface area contributed by atoms with Gasteiger partial charge in [0, 0.05) is 19.3 Å². The van der Waals surface area contributed by atoms with Gasteiger partial charge in [0.1, 0.15) is 6.04 Å². The van der Waals surface area contributed by atoms with Crippen LogP contribution in [0.3, 0.4) is 0 Å². The molecule has 3 rings (SSSR count). The van der Waals surface area contributed by atoms with E-state index >= 15 is 0 Å². The van der Waals surface area contributed by atoms with Crippen LogP contribution in [0, 0.1) is 0 Å². The van der Waals surface area contributed by atoms with Crippen molar-refractivity contribution in [2.24, 2.45) is 0 Å². The molecule has 1 amide bonds. The van der Waals surface area contributed by atoms with Crippen molar-refractivity contribution in [2.45, 2.75) is 18.8 Å². The molecule has 2 heterocycles. The van der Waals surface area contributed by atoms with Gasteiger partial charge >= 0.3 is 6.18 Å². The maximum Gasteiger partial charge on any atom is 0.435 e. The zero-order chi connectivity index (χ0) is 17.9. The van der Waals surface area contributed by atoms with E-state index < -0.39 is 11.9 Å². The van der Waals surface area contributed by atoms with Crippen molar-refractivity contribution < 1.29 is 22.7 Å². The number of rotatable bonds is 4. The highest BCUT2D eigenvalue weighted by Gasteiger charge is 2.33. The average Bonchev–Trinajstić information content (AvgIpc) is 3.11. The molecule has 1 unspecified atom stereocenters. The number of hydrogen-bond donors (Lipinski definition) is 2.